The van der Waals surface area contributed by atoms with Crippen molar-refractivity contribution in [2.45, 2.75) is 58.3 Å². The molecule has 0 fully saturated rings. The first-order valence-corrected chi connectivity index (χ1v) is 10.0. The number of rotatable bonds is 12. The van der Waals surface area contributed by atoms with Crippen LogP contribution in [-0.2, 0) is 0 Å². The van der Waals surface area contributed by atoms with Gasteiger partial charge in [-0.3, -0.25) is 0 Å². The first-order valence-electron chi connectivity index (χ1n) is 10.0. The van der Waals surface area contributed by atoms with Crippen LogP contribution in [0, 0.1) is 0 Å². The number of anilines is 1. The van der Waals surface area contributed by atoms with Gasteiger partial charge >= 0.3 is 0 Å². The summed E-state index contributed by atoms with van der Waals surface area (Å²) < 4.78 is 5.84. The van der Waals surface area contributed by atoms with Gasteiger partial charge in [0.15, 0.2) is 0 Å². The number of nitrogens with two attached hydrogens (primary N) is 1. The van der Waals surface area contributed by atoms with Gasteiger partial charge < -0.3 is 10.5 Å². The van der Waals surface area contributed by atoms with Crippen molar-refractivity contribution in [2.75, 3.05) is 12.3 Å². The maximum absolute atomic E-state index is 5.84. The predicted octanol–water partition coefficient (Wildman–Crippen LogP) is 6.96. The van der Waals surface area contributed by atoms with E-state index in [9.17, 15) is 0 Å². The molecule has 0 atom stereocenters. The number of ether oxygens (including phenoxy) is 1. The topological polar surface area (TPSA) is 35.2 Å². The van der Waals surface area contributed by atoms with Gasteiger partial charge in [-0.05, 0) is 41.8 Å². The summed E-state index contributed by atoms with van der Waals surface area (Å²) in [7, 11) is 0. The molecule has 2 aromatic rings. The summed E-state index contributed by atoms with van der Waals surface area (Å²) in [6.45, 7) is 3.08. The van der Waals surface area contributed by atoms with Crippen molar-refractivity contribution in [3.8, 4) is 5.75 Å². The second-order valence-electron chi connectivity index (χ2n) is 6.89. The fourth-order valence-corrected chi connectivity index (χ4v) is 2.90. The van der Waals surface area contributed by atoms with Gasteiger partial charge in [-0.2, -0.15) is 0 Å². The molecule has 2 rings (SSSR count). The van der Waals surface area contributed by atoms with Crippen molar-refractivity contribution in [3.63, 3.8) is 0 Å². The average molecular weight is 352 g/mol. The molecule has 0 saturated heterocycles. The number of benzene rings is 2. The van der Waals surface area contributed by atoms with Crippen molar-refractivity contribution >= 4 is 17.8 Å². The van der Waals surface area contributed by atoms with Crippen LogP contribution in [0.4, 0.5) is 5.69 Å². The van der Waals surface area contributed by atoms with Crippen LogP contribution in [-0.4, -0.2) is 6.61 Å². The zero-order valence-electron chi connectivity index (χ0n) is 16.1. The van der Waals surface area contributed by atoms with Gasteiger partial charge in [0.2, 0.25) is 0 Å². The minimum atomic E-state index is 0.792. The molecule has 0 aromatic heterocycles. The summed E-state index contributed by atoms with van der Waals surface area (Å²) in [5, 5.41) is 0. The molecule has 0 radical (unpaired) electrons. The lowest BCUT2D eigenvalue weighted by Crippen LogP contribution is -1.97. The Morgan fingerprint density at radius 2 is 1.19 bits per heavy atom. The van der Waals surface area contributed by atoms with Crippen molar-refractivity contribution in [1.82, 2.24) is 0 Å². The molecule has 0 unspecified atom stereocenters. The van der Waals surface area contributed by atoms with E-state index >= 15 is 0 Å². The Labute approximate surface area is 159 Å². The summed E-state index contributed by atoms with van der Waals surface area (Å²) in [6.07, 6.45) is 14.8. The largest absolute Gasteiger partial charge is 0.494 e. The molecule has 140 valence electrons. The molecule has 0 amide bonds. The highest BCUT2D eigenvalue weighted by Crippen LogP contribution is 2.16. The number of hydrogen-bond acceptors (Lipinski definition) is 2. The number of nitrogen functional groups attached to an aromatic ring is 1. The molecule has 2 aromatic carbocycles. The molecule has 2 nitrogen and oxygen atoms in total. The highest BCUT2D eigenvalue weighted by atomic mass is 16.5. The molecule has 0 aliphatic rings. The Balaban J connectivity index is 1.62. The van der Waals surface area contributed by atoms with Crippen LogP contribution in [0.15, 0.2) is 48.5 Å². The first-order chi connectivity index (χ1) is 12.8. The van der Waals surface area contributed by atoms with Crippen LogP contribution < -0.4 is 10.5 Å². The quantitative estimate of drug-likeness (QED) is 0.255. The van der Waals surface area contributed by atoms with Gasteiger partial charge in [-0.25, -0.2) is 0 Å². The third-order valence-corrected chi connectivity index (χ3v) is 4.55. The second-order valence-corrected chi connectivity index (χ2v) is 6.89. The van der Waals surface area contributed by atoms with E-state index in [0.717, 1.165) is 30.0 Å². The fourth-order valence-electron chi connectivity index (χ4n) is 2.90. The molecule has 0 saturated carbocycles. The minimum Gasteiger partial charge on any atom is -0.494 e. The van der Waals surface area contributed by atoms with E-state index in [0.29, 0.717) is 0 Å². The third-order valence-electron chi connectivity index (χ3n) is 4.55. The van der Waals surface area contributed by atoms with Gasteiger partial charge in [0, 0.05) is 5.69 Å². The molecule has 0 spiro atoms. The van der Waals surface area contributed by atoms with E-state index in [1.807, 2.05) is 36.4 Å². The van der Waals surface area contributed by atoms with Gasteiger partial charge in [0.1, 0.15) is 5.75 Å². The molecule has 0 aliphatic carbocycles. The Kier molecular flexibility index (Phi) is 9.42. The molecule has 0 heterocycles. The van der Waals surface area contributed by atoms with E-state index in [1.165, 1.54) is 50.5 Å². The van der Waals surface area contributed by atoms with Crippen LogP contribution in [0.3, 0.4) is 0 Å². The molecular weight excluding hydrogens is 318 g/mol. The molecule has 2 N–H and O–H groups in total. The van der Waals surface area contributed by atoms with E-state index in [2.05, 4.69) is 31.2 Å². The maximum Gasteiger partial charge on any atom is 0.119 e. The van der Waals surface area contributed by atoms with Crippen LogP contribution in [0.5, 0.6) is 5.75 Å². The SMILES string of the molecule is CCCCCCCCCCOc1ccc(C=Cc2ccc(N)cc2)cc1. The summed E-state index contributed by atoms with van der Waals surface area (Å²) >= 11 is 0. The maximum atomic E-state index is 5.84. The summed E-state index contributed by atoms with van der Waals surface area (Å²) in [5.41, 5.74) is 8.81. The third kappa shape index (κ3) is 8.24. The monoisotopic (exact) mass is 351 g/mol. The summed E-state index contributed by atoms with van der Waals surface area (Å²) in [4.78, 5) is 0. The number of hydrogen-bond donors (Lipinski definition) is 1. The van der Waals surface area contributed by atoms with Crippen LogP contribution >= 0.6 is 0 Å². The summed E-state index contributed by atoms with van der Waals surface area (Å²) in [5.74, 6) is 0.956. The smallest absolute Gasteiger partial charge is 0.119 e. The van der Waals surface area contributed by atoms with Gasteiger partial charge in [-0.1, -0.05) is 88.3 Å². The Bertz CT molecular complexity index is 628. The molecule has 26 heavy (non-hydrogen) atoms. The zero-order valence-corrected chi connectivity index (χ0v) is 16.1. The highest BCUT2D eigenvalue weighted by Gasteiger charge is 1.96. The first kappa shape index (κ1) is 20.1. The Morgan fingerprint density at radius 1 is 0.692 bits per heavy atom. The molecular formula is C24H33NO. The lowest BCUT2D eigenvalue weighted by molar-refractivity contribution is 0.304. The van der Waals surface area contributed by atoms with Crippen LogP contribution in [0.1, 0.15) is 69.4 Å². The molecule has 2 heteroatoms. The minimum absolute atomic E-state index is 0.792. The fraction of sp³-hybridized carbons (Fsp3) is 0.417. The lowest BCUT2D eigenvalue weighted by Gasteiger charge is -2.06. The van der Waals surface area contributed by atoms with Gasteiger partial charge in [0.05, 0.1) is 6.61 Å². The van der Waals surface area contributed by atoms with Crippen molar-refractivity contribution in [3.05, 3.63) is 59.7 Å². The average Bonchev–Trinajstić information content (AvgIpc) is 2.67. The molecule has 0 aliphatic heterocycles. The van der Waals surface area contributed by atoms with E-state index in [4.69, 9.17) is 10.5 Å². The normalized spacial score (nSPS) is 11.1. The van der Waals surface area contributed by atoms with Crippen molar-refractivity contribution < 1.29 is 4.74 Å². The van der Waals surface area contributed by atoms with Gasteiger partial charge in [0.25, 0.3) is 0 Å². The van der Waals surface area contributed by atoms with Crippen LogP contribution in [0.25, 0.3) is 12.2 Å². The lowest BCUT2D eigenvalue weighted by atomic mass is 10.1. The Morgan fingerprint density at radius 3 is 1.77 bits per heavy atom. The van der Waals surface area contributed by atoms with E-state index < -0.39 is 0 Å². The second kappa shape index (κ2) is 12.2. The number of unbranched alkanes of at least 4 members (excludes halogenated alkanes) is 7. The standard InChI is InChI=1S/C24H33NO/c1-2-3-4-5-6-7-8-9-20-26-24-18-14-22(15-19-24)11-10-21-12-16-23(25)17-13-21/h10-19H,2-9,20,25H2,1H3. The summed E-state index contributed by atoms with van der Waals surface area (Å²) in [6, 6.07) is 16.2. The zero-order chi connectivity index (χ0) is 18.5. The van der Waals surface area contributed by atoms with E-state index in [1.54, 1.807) is 0 Å². The van der Waals surface area contributed by atoms with Crippen molar-refractivity contribution in [2.24, 2.45) is 0 Å². The molecule has 0 bridgehead atoms. The highest BCUT2D eigenvalue weighted by molar-refractivity contribution is 5.70. The van der Waals surface area contributed by atoms with Gasteiger partial charge in [-0.15, -0.1) is 0 Å². The van der Waals surface area contributed by atoms with Crippen molar-refractivity contribution in [1.29, 1.82) is 0 Å². The predicted molar refractivity (Wildman–Crippen MR) is 114 cm³/mol. The Hall–Kier alpha value is -2.22. The van der Waals surface area contributed by atoms with Crippen LogP contribution in [0.2, 0.25) is 0 Å². The van der Waals surface area contributed by atoms with E-state index in [-0.39, 0.29) is 0 Å².